The fourth-order valence-electron chi connectivity index (χ4n) is 3.59. The summed E-state index contributed by atoms with van der Waals surface area (Å²) in [4.78, 5) is 12.4. The van der Waals surface area contributed by atoms with Gasteiger partial charge in [0.05, 0.1) is 23.0 Å². The van der Waals surface area contributed by atoms with Gasteiger partial charge in [-0.15, -0.1) is 0 Å². The number of nitrogens with one attached hydrogen (secondary N) is 1. The second kappa shape index (κ2) is 6.95. The first-order valence-corrected chi connectivity index (χ1v) is 10.3. The van der Waals surface area contributed by atoms with Gasteiger partial charge >= 0.3 is 0 Å². The van der Waals surface area contributed by atoms with Gasteiger partial charge in [0.1, 0.15) is 11.5 Å². The molecule has 0 radical (unpaired) electrons. The highest BCUT2D eigenvalue weighted by molar-refractivity contribution is 7.89. The average Bonchev–Trinajstić information content (AvgIpc) is 3.26. The van der Waals surface area contributed by atoms with Crippen LogP contribution in [0, 0.1) is 5.92 Å². The molecule has 2 bridgehead atoms. The SMILES string of the molecule is NS(=O)(=O)c1ccc(Oc2ccc(NC(=O)C3CC4CCC3O4)cc2)cc1. The Kier molecular flexibility index (Phi) is 4.63. The molecule has 2 saturated heterocycles. The highest BCUT2D eigenvalue weighted by atomic mass is 32.2. The van der Waals surface area contributed by atoms with Gasteiger partial charge in [0, 0.05) is 5.69 Å². The average molecular weight is 388 g/mol. The molecule has 2 aromatic rings. The molecular weight excluding hydrogens is 368 g/mol. The summed E-state index contributed by atoms with van der Waals surface area (Å²) in [6.07, 6.45) is 3.10. The van der Waals surface area contributed by atoms with Crippen LogP contribution in [-0.2, 0) is 19.6 Å². The molecule has 0 aromatic heterocycles. The van der Waals surface area contributed by atoms with Crippen molar-refractivity contribution in [1.82, 2.24) is 0 Å². The summed E-state index contributed by atoms with van der Waals surface area (Å²) < 4.78 is 33.9. The standard InChI is InChI=1S/C19H20N2O5S/c20-27(23,24)16-8-5-14(6-9-16)25-13-3-1-12(2-4-13)21-19(22)17-11-15-7-10-18(17)26-15/h1-6,8-9,15,17-18H,7,10-11H2,(H,21,22)(H2,20,23,24). The number of rotatable bonds is 5. The molecule has 2 heterocycles. The van der Waals surface area contributed by atoms with Crippen LogP contribution in [0.4, 0.5) is 5.69 Å². The molecule has 7 nitrogen and oxygen atoms in total. The lowest BCUT2D eigenvalue weighted by Crippen LogP contribution is -2.30. The van der Waals surface area contributed by atoms with Gasteiger partial charge in [-0.2, -0.15) is 0 Å². The zero-order valence-corrected chi connectivity index (χ0v) is 15.3. The van der Waals surface area contributed by atoms with Crippen LogP contribution in [0.3, 0.4) is 0 Å². The summed E-state index contributed by atoms with van der Waals surface area (Å²) >= 11 is 0. The van der Waals surface area contributed by atoms with Crippen LogP contribution >= 0.6 is 0 Å². The van der Waals surface area contributed by atoms with E-state index in [0.29, 0.717) is 17.2 Å². The first-order chi connectivity index (χ1) is 12.9. The number of carbonyl (C=O) groups is 1. The van der Waals surface area contributed by atoms with E-state index in [0.717, 1.165) is 19.3 Å². The van der Waals surface area contributed by atoms with Crippen molar-refractivity contribution in [2.45, 2.75) is 36.4 Å². The minimum Gasteiger partial charge on any atom is -0.457 e. The number of fused-ring (bicyclic) bond motifs is 2. The summed E-state index contributed by atoms with van der Waals surface area (Å²) in [5.74, 6) is 0.976. The number of hydrogen-bond donors (Lipinski definition) is 2. The van der Waals surface area contributed by atoms with E-state index in [1.807, 2.05) is 0 Å². The lowest BCUT2D eigenvalue weighted by molar-refractivity contribution is -0.121. The van der Waals surface area contributed by atoms with Crippen LogP contribution < -0.4 is 15.2 Å². The predicted molar refractivity (Wildman–Crippen MR) is 99.0 cm³/mol. The number of nitrogens with two attached hydrogens (primary N) is 1. The Bertz CT molecular complexity index is 941. The monoisotopic (exact) mass is 388 g/mol. The van der Waals surface area contributed by atoms with Crippen molar-refractivity contribution in [1.29, 1.82) is 0 Å². The maximum absolute atomic E-state index is 12.4. The van der Waals surface area contributed by atoms with E-state index in [4.69, 9.17) is 14.6 Å². The third-order valence-corrected chi connectivity index (χ3v) is 5.88. The summed E-state index contributed by atoms with van der Waals surface area (Å²) in [5.41, 5.74) is 0.694. The molecule has 8 heteroatoms. The Morgan fingerprint density at radius 2 is 1.67 bits per heavy atom. The summed E-state index contributed by atoms with van der Waals surface area (Å²) in [6.45, 7) is 0. The lowest BCUT2D eigenvalue weighted by atomic mass is 9.88. The second-order valence-electron chi connectivity index (χ2n) is 6.85. The molecule has 2 fully saturated rings. The molecule has 0 saturated carbocycles. The van der Waals surface area contributed by atoms with E-state index in [1.54, 1.807) is 24.3 Å². The normalized spacial score (nSPS) is 24.0. The van der Waals surface area contributed by atoms with E-state index in [2.05, 4.69) is 5.32 Å². The molecule has 0 aliphatic carbocycles. The van der Waals surface area contributed by atoms with Crippen molar-refractivity contribution >= 4 is 21.6 Å². The van der Waals surface area contributed by atoms with Gasteiger partial charge < -0.3 is 14.8 Å². The van der Waals surface area contributed by atoms with Gasteiger partial charge in [-0.3, -0.25) is 4.79 Å². The van der Waals surface area contributed by atoms with E-state index in [-0.39, 0.29) is 28.9 Å². The van der Waals surface area contributed by atoms with Crippen molar-refractivity contribution in [2.24, 2.45) is 11.1 Å². The number of amides is 1. The molecule has 3 N–H and O–H groups in total. The summed E-state index contributed by atoms with van der Waals surface area (Å²) in [7, 11) is -3.72. The fourth-order valence-corrected chi connectivity index (χ4v) is 4.10. The lowest BCUT2D eigenvalue weighted by Gasteiger charge is -2.18. The number of sulfonamides is 1. The molecule has 0 spiro atoms. The van der Waals surface area contributed by atoms with Gasteiger partial charge in [0.25, 0.3) is 0 Å². The van der Waals surface area contributed by atoms with Crippen LogP contribution in [0.1, 0.15) is 19.3 Å². The fraction of sp³-hybridized carbons (Fsp3) is 0.316. The Labute approximate surface area is 157 Å². The zero-order valence-electron chi connectivity index (χ0n) is 14.5. The second-order valence-corrected chi connectivity index (χ2v) is 8.41. The number of anilines is 1. The van der Waals surface area contributed by atoms with E-state index in [9.17, 15) is 13.2 Å². The van der Waals surface area contributed by atoms with Crippen LogP contribution in [0.5, 0.6) is 11.5 Å². The molecule has 142 valence electrons. The van der Waals surface area contributed by atoms with Gasteiger partial charge in [-0.05, 0) is 67.8 Å². The van der Waals surface area contributed by atoms with Gasteiger partial charge in [-0.1, -0.05) is 0 Å². The molecule has 4 rings (SSSR count). The third kappa shape index (κ3) is 3.97. The summed E-state index contributed by atoms with van der Waals surface area (Å²) in [5, 5.41) is 8.00. The van der Waals surface area contributed by atoms with Crippen molar-refractivity contribution in [3.8, 4) is 11.5 Å². The zero-order chi connectivity index (χ0) is 19.0. The third-order valence-electron chi connectivity index (χ3n) is 4.95. The minimum atomic E-state index is -3.72. The topological polar surface area (TPSA) is 108 Å². The number of primary sulfonamides is 1. The van der Waals surface area contributed by atoms with E-state index < -0.39 is 10.0 Å². The number of benzene rings is 2. The first-order valence-electron chi connectivity index (χ1n) is 8.75. The maximum atomic E-state index is 12.4. The molecule has 3 unspecified atom stereocenters. The van der Waals surface area contributed by atoms with Crippen LogP contribution in [-0.4, -0.2) is 26.5 Å². The highest BCUT2D eigenvalue weighted by Crippen LogP contribution is 2.39. The van der Waals surface area contributed by atoms with Crippen molar-refractivity contribution in [3.05, 3.63) is 48.5 Å². The Morgan fingerprint density at radius 1 is 1.04 bits per heavy atom. The molecule has 1 amide bonds. The highest BCUT2D eigenvalue weighted by Gasteiger charge is 2.44. The smallest absolute Gasteiger partial charge is 0.238 e. The van der Waals surface area contributed by atoms with Gasteiger partial charge in [0.2, 0.25) is 15.9 Å². The first kappa shape index (κ1) is 18.0. The molecule has 2 aliphatic rings. The van der Waals surface area contributed by atoms with Gasteiger partial charge in [-0.25, -0.2) is 13.6 Å². The molecule has 2 aliphatic heterocycles. The van der Waals surface area contributed by atoms with Gasteiger partial charge in [0.15, 0.2) is 0 Å². The number of carbonyl (C=O) groups excluding carboxylic acids is 1. The molecule has 27 heavy (non-hydrogen) atoms. The van der Waals surface area contributed by atoms with E-state index >= 15 is 0 Å². The van der Waals surface area contributed by atoms with Crippen LogP contribution in [0.15, 0.2) is 53.4 Å². The molecular formula is C19H20N2O5S. The predicted octanol–water partition coefficient (Wildman–Crippen LogP) is 2.63. The van der Waals surface area contributed by atoms with Crippen LogP contribution in [0.25, 0.3) is 0 Å². The van der Waals surface area contributed by atoms with Crippen molar-refractivity contribution in [3.63, 3.8) is 0 Å². The van der Waals surface area contributed by atoms with E-state index in [1.165, 1.54) is 24.3 Å². The van der Waals surface area contributed by atoms with Crippen LogP contribution in [0.2, 0.25) is 0 Å². The minimum absolute atomic E-state index is 0.00514. The quantitative estimate of drug-likeness (QED) is 0.819. The van der Waals surface area contributed by atoms with Crippen molar-refractivity contribution < 1.29 is 22.7 Å². The Hall–Kier alpha value is -2.42. The Balaban J connectivity index is 1.37. The number of ether oxygens (including phenoxy) is 2. The summed E-state index contributed by atoms with van der Waals surface area (Å²) in [6, 6.07) is 12.8. The molecule has 3 atom stereocenters. The Morgan fingerprint density at radius 3 is 2.19 bits per heavy atom. The maximum Gasteiger partial charge on any atom is 0.238 e. The number of hydrogen-bond acceptors (Lipinski definition) is 5. The largest absolute Gasteiger partial charge is 0.457 e. The molecule has 2 aromatic carbocycles. The van der Waals surface area contributed by atoms with Crippen molar-refractivity contribution in [2.75, 3.05) is 5.32 Å².